The van der Waals surface area contributed by atoms with Gasteiger partial charge >= 0.3 is 0 Å². The highest BCUT2D eigenvalue weighted by Gasteiger charge is 2.28. The van der Waals surface area contributed by atoms with Crippen LogP contribution < -0.4 is 0 Å². The summed E-state index contributed by atoms with van der Waals surface area (Å²) >= 11 is 0. The molecule has 4 rings (SSSR count). The summed E-state index contributed by atoms with van der Waals surface area (Å²) < 4.78 is 27.2. The fourth-order valence-electron chi connectivity index (χ4n) is 3.46. The minimum absolute atomic E-state index is 0.223. The highest BCUT2D eigenvalue weighted by atomic mass is 32.2. The van der Waals surface area contributed by atoms with Gasteiger partial charge in [-0.05, 0) is 43.3 Å². The van der Waals surface area contributed by atoms with Gasteiger partial charge in [-0.15, -0.1) is 0 Å². The first-order chi connectivity index (χ1) is 14.0. The second-order valence-corrected chi connectivity index (χ2v) is 9.00. The lowest BCUT2D eigenvalue weighted by Gasteiger charge is -2.33. The third kappa shape index (κ3) is 3.98. The SMILES string of the molecule is Cc1nc2ccccc2nc1CN1CCN(S(=O)(=O)c2ccc(C#N)cc2)CC1. The number of rotatable bonds is 4. The number of nitrogens with zero attached hydrogens (tertiary/aromatic N) is 5. The topological polar surface area (TPSA) is 90.2 Å². The summed E-state index contributed by atoms with van der Waals surface area (Å²) in [5.74, 6) is 0. The van der Waals surface area contributed by atoms with Crippen molar-refractivity contribution >= 4 is 21.1 Å². The summed E-state index contributed by atoms with van der Waals surface area (Å²) in [4.78, 5) is 11.8. The molecule has 0 amide bonds. The monoisotopic (exact) mass is 407 g/mol. The van der Waals surface area contributed by atoms with Crippen molar-refractivity contribution in [3.05, 3.63) is 65.5 Å². The maximum absolute atomic E-state index is 12.9. The van der Waals surface area contributed by atoms with E-state index in [4.69, 9.17) is 10.2 Å². The number of fused-ring (bicyclic) bond motifs is 1. The van der Waals surface area contributed by atoms with Gasteiger partial charge in [-0.3, -0.25) is 4.90 Å². The number of nitriles is 1. The number of aromatic nitrogens is 2. The van der Waals surface area contributed by atoms with Gasteiger partial charge in [-0.2, -0.15) is 9.57 Å². The van der Waals surface area contributed by atoms with E-state index in [2.05, 4.69) is 9.88 Å². The number of hydrogen-bond donors (Lipinski definition) is 0. The van der Waals surface area contributed by atoms with E-state index in [-0.39, 0.29) is 4.90 Å². The summed E-state index contributed by atoms with van der Waals surface area (Å²) in [6.45, 7) is 4.70. The average Bonchev–Trinajstić information content (AvgIpc) is 2.75. The van der Waals surface area contributed by atoms with Crippen molar-refractivity contribution in [2.24, 2.45) is 0 Å². The molecule has 0 radical (unpaired) electrons. The Hall–Kier alpha value is -2.86. The molecule has 7 nitrogen and oxygen atoms in total. The first-order valence-corrected chi connectivity index (χ1v) is 10.9. The molecule has 0 N–H and O–H groups in total. The zero-order valence-corrected chi connectivity index (χ0v) is 16.9. The predicted octanol–water partition coefficient (Wildman–Crippen LogP) is 2.32. The lowest BCUT2D eigenvalue weighted by atomic mass is 10.2. The van der Waals surface area contributed by atoms with E-state index in [9.17, 15) is 8.42 Å². The van der Waals surface area contributed by atoms with E-state index >= 15 is 0 Å². The molecule has 3 aromatic rings. The Balaban J connectivity index is 1.44. The Kier molecular flexibility index (Phi) is 5.28. The molecule has 0 spiro atoms. The first kappa shape index (κ1) is 19.5. The number of hydrogen-bond acceptors (Lipinski definition) is 6. The van der Waals surface area contributed by atoms with Crippen LogP contribution in [0.25, 0.3) is 11.0 Å². The largest absolute Gasteiger partial charge is 0.295 e. The van der Waals surface area contributed by atoms with Crippen LogP contribution in [0.5, 0.6) is 0 Å². The number of para-hydroxylation sites is 2. The Bertz CT molecular complexity index is 1180. The molecule has 0 saturated carbocycles. The van der Waals surface area contributed by atoms with Crippen LogP contribution in [-0.2, 0) is 16.6 Å². The maximum Gasteiger partial charge on any atom is 0.243 e. The van der Waals surface area contributed by atoms with E-state index in [1.807, 2.05) is 37.3 Å². The second kappa shape index (κ2) is 7.87. The maximum atomic E-state index is 12.9. The van der Waals surface area contributed by atoms with Crippen LogP contribution >= 0.6 is 0 Å². The molecule has 29 heavy (non-hydrogen) atoms. The van der Waals surface area contributed by atoms with Gasteiger partial charge in [0.25, 0.3) is 0 Å². The minimum Gasteiger partial charge on any atom is -0.295 e. The summed E-state index contributed by atoms with van der Waals surface area (Å²) in [5.41, 5.74) is 4.02. The molecule has 1 aliphatic rings. The van der Waals surface area contributed by atoms with Gasteiger partial charge < -0.3 is 0 Å². The molecule has 0 aliphatic carbocycles. The molecule has 1 aliphatic heterocycles. The normalized spacial score (nSPS) is 16.0. The molecule has 148 valence electrons. The van der Waals surface area contributed by atoms with E-state index in [0.29, 0.717) is 38.3 Å². The van der Waals surface area contributed by atoms with E-state index in [1.54, 1.807) is 0 Å². The van der Waals surface area contributed by atoms with Crippen LogP contribution in [0.2, 0.25) is 0 Å². The van der Waals surface area contributed by atoms with Gasteiger partial charge in [0.1, 0.15) is 0 Å². The Morgan fingerprint density at radius 2 is 1.59 bits per heavy atom. The van der Waals surface area contributed by atoms with Crippen molar-refractivity contribution in [1.82, 2.24) is 19.2 Å². The second-order valence-electron chi connectivity index (χ2n) is 7.06. The van der Waals surface area contributed by atoms with Gasteiger partial charge in [0.2, 0.25) is 10.0 Å². The lowest BCUT2D eigenvalue weighted by Crippen LogP contribution is -2.48. The third-order valence-corrected chi connectivity index (χ3v) is 7.08. The first-order valence-electron chi connectivity index (χ1n) is 9.42. The number of sulfonamides is 1. The van der Waals surface area contributed by atoms with Crippen molar-refractivity contribution in [2.45, 2.75) is 18.4 Å². The van der Waals surface area contributed by atoms with E-state index < -0.39 is 10.0 Å². The molecule has 2 heterocycles. The van der Waals surface area contributed by atoms with Gasteiger partial charge in [0.15, 0.2) is 0 Å². The molecule has 0 unspecified atom stereocenters. The Morgan fingerprint density at radius 1 is 0.966 bits per heavy atom. The molecular weight excluding hydrogens is 386 g/mol. The van der Waals surface area contributed by atoms with Gasteiger partial charge in [-0.25, -0.2) is 18.4 Å². The molecule has 1 aromatic heterocycles. The zero-order valence-electron chi connectivity index (χ0n) is 16.1. The van der Waals surface area contributed by atoms with Crippen LogP contribution in [0.3, 0.4) is 0 Å². The van der Waals surface area contributed by atoms with Crippen molar-refractivity contribution < 1.29 is 8.42 Å². The number of benzene rings is 2. The minimum atomic E-state index is -3.55. The Morgan fingerprint density at radius 3 is 2.21 bits per heavy atom. The summed E-state index contributed by atoms with van der Waals surface area (Å²) in [6.07, 6.45) is 0. The summed E-state index contributed by atoms with van der Waals surface area (Å²) in [6, 6.07) is 15.9. The van der Waals surface area contributed by atoms with Crippen molar-refractivity contribution in [1.29, 1.82) is 5.26 Å². The van der Waals surface area contributed by atoms with Crippen LogP contribution in [0, 0.1) is 18.3 Å². The molecule has 0 bridgehead atoms. The molecule has 1 fully saturated rings. The van der Waals surface area contributed by atoms with Crippen LogP contribution in [0.4, 0.5) is 0 Å². The molecular formula is C21H21N5O2S. The fraction of sp³-hybridized carbons (Fsp3) is 0.286. The standard InChI is InChI=1S/C21H21N5O2S/c1-16-21(24-20-5-3-2-4-19(20)23-16)15-25-10-12-26(13-11-25)29(27,28)18-8-6-17(14-22)7-9-18/h2-9H,10-13,15H2,1H3. The molecule has 0 atom stereocenters. The summed E-state index contributed by atoms with van der Waals surface area (Å²) in [5, 5.41) is 8.88. The highest BCUT2D eigenvalue weighted by Crippen LogP contribution is 2.20. The summed E-state index contributed by atoms with van der Waals surface area (Å²) in [7, 11) is -3.55. The zero-order chi connectivity index (χ0) is 20.4. The van der Waals surface area contributed by atoms with Crippen molar-refractivity contribution in [3.63, 3.8) is 0 Å². The lowest BCUT2D eigenvalue weighted by molar-refractivity contribution is 0.179. The Labute approximate surface area is 170 Å². The van der Waals surface area contributed by atoms with Crippen LogP contribution in [0.15, 0.2) is 53.4 Å². The quantitative estimate of drug-likeness (QED) is 0.659. The number of aryl methyl sites for hydroxylation is 1. The average molecular weight is 407 g/mol. The predicted molar refractivity (Wildman–Crippen MR) is 109 cm³/mol. The van der Waals surface area contributed by atoms with Crippen molar-refractivity contribution in [3.8, 4) is 6.07 Å². The molecule has 8 heteroatoms. The fourth-order valence-corrected chi connectivity index (χ4v) is 4.89. The van der Waals surface area contributed by atoms with Gasteiger partial charge in [-0.1, -0.05) is 12.1 Å². The molecule has 2 aromatic carbocycles. The van der Waals surface area contributed by atoms with Gasteiger partial charge in [0, 0.05) is 32.7 Å². The van der Waals surface area contributed by atoms with Gasteiger partial charge in [0.05, 0.1) is 38.9 Å². The third-order valence-electron chi connectivity index (χ3n) is 5.17. The van der Waals surface area contributed by atoms with Crippen LogP contribution in [-0.4, -0.2) is 53.8 Å². The van der Waals surface area contributed by atoms with Crippen LogP contribution in [0.1, 0.15) is 17.0 Å². The highest BCUT2D eigenvalue weighted by molar-refractivity contribution is 7.89. The number of piperazine rings is 1. The van der Waals surface area contributed by atoms with E-state index in [1.165, 1.54) is 28.6 Å². The van der Waals surface area contributed by atoms with Crippen molar-refractivity contribution in [2.75, 3.05) is 26.2 Å². The molecule has 1 saturated heterocycles. The smallest absolute Gasteiger partial charge is 0.243 e. The van der Waals surface area contributed by atoms with E-state index in [0.717, 1.165) is 22.4 Å².